The average Bonchev–Trinajstić information content (AvgIpc) is 2.35. The monoisotopic (exact) mass is 228 g/mol. The van der Waals surface area contributed by atoms with Crippen molar-refractivity contribution in [1.29, 1.82) is 0 Å². The van der Waals surface area contributed by atoms with Gasteiger partial charge in [-0.2, -0.15) is 0 Å². The van der Waals surface area contributed by atoms with Gasteiger partial charge in [0.05, 0.1) is 18.0 Å². The first-order valence-corrected chi connectivity index (χ1v) is 5.12. The number of nitrogens with zero attached hydrogens (tertiary/aromatic N) is 2. The van der Waals surface area contributed by atoms with Crippen LogP contribution in [0.2, 0.25) is 0 Å². The summed E-state index contributed by atoms with van der Waals surface area (Å²) in [6.07, 6.45) is 6.80. The molecule has 0 unspecified atom stereocenters. The maximum absolute atomic E-state index is 5.74. The molecular weight excluding hydrogens is 212 g/mol. The molecule has 4 heteroatoms. The lowest BCUT2D eigenvalue weighted by molar-refractivity contribution is 1.22. The van der Waals surface area contributed by atoms with Crippen LogP contribution in [0.3, 0.4) is 0 Å². The predicted octanol–water partition coefficient (Wildman–Crippen LogP) is 1.37. The van der Waals surface area contributed by atoms with Crippen LogP contribution < -0.4 is 11.5 Å². The van der Waals surface area contributed by atoms with E-state index in [1.807, 2.05) is 12.1 Å². The van der Waals surface area contributed by atoms with E-state index in [-0.39, 0.29) is 0 Å². The van der Waals surface area contributed by atoms with E-state index in [0.717, 1.165) is 5.56 Å². The van der Waals surface area contributed by atoms with Crippen LogP contribution >= 0.6 is 0 Å². The summed E-state index contributed by atoms with van der Waals surface area (Å²) in [6.45, 7) is 7.70. The quantitative estimate of drug-likeness (QED) is 0.454. The van der Waals surface area contributed by atoms with Gasteiger partial charge in [0.1, 0.15) is 0 Å². The van der Waals surface area contributed by atoms with Crippen LogP contribution in [0.15, 0.2) is 66.2 Å². The van der Waals surface area contributed by atoms with Gasteiger partial charge in [-0.05, 0) is 18.2 Å². The Morgan fingerprint density at radius 3 is 2.76 bits per heavy atom. The van der Waals surface area contributed by atoms with Gasteiger partial charge in [-0.15, -0.1) is 6.58 Å². The molecule has 0 spiro atoms. The summed E-state index contributed by atoms with van der Waals surface area (Å²) in [5.74, 6) is 0. The van der Waals surface area contributed by atoms with Crippen LogP contribution in [-0.2, 0) is 0 Å². The highest BCUT2D eigenvalue weighted by molar-refractivity contribution is 6.09. The largest absolute Gasteiger partial charge is 0.398 e. The Hall–Kier alpha value is -2.36. The third-order valence-corrected chi connectivity index (χ3v) is 2.01. The summed E-state index contributed by atoms with van der Waals surface area (Å²) >= 11 is 0. The molecule has 88 valence electrons. The Balaban J connectivity index is 3.10. The summed E-state index contributed by atoms with van der Waals surface area (Å²) in [4.78, 5) is 8.38. The fourth-order valence-corrected chi connectivity index (χ4v) is 1.14. The first-order valence-electron chi connectivity index (χ1n) is 5.12. The highest BCUT2D eigenvalue weighted by Gasteiger charge is 2.01. The Morgan fingerprint density at radius 2 is 2.24 bits per heavy atom. The minimum Gasteiger partial charge on any atom is -0.398 e. The molecule has 0 aromatic carbocycles. The molecule has 17 heavy (non-hydrogen) atoms. The predicted molar refractivity (Wildman–Crippen MR) is 71.4 cm³/mol. The van der Waals surface area contributed by atoms with Gasteiger partial charge in [0, 0.05) is 23.7 Å². The van der Waals surface area contributed by atoms with Gasteiger partial charge in [-0.3, -0.25) is 9.98 Å². The van der Waals surface area contributed by atoms with Crippen LogP contribution in [0.4, 0.5) is 0 Å². The van der Waals surface area contributed by atoms with Crippen LogP contribution in [0.1, 0.15) is 5.56 Å². The zero-order valence-electron chi connectivity index (χ0n) is 9.63. The maximum Gasteiger partial charge on any atom is 0.0687 e. The van der Waals surface area contributed by atoms with Gasteiger partial charge >= 0.3 is 0 Å². The lowest BCUT2D eigenvalue weighted by Crippen LogP contribution is -2.11. The molecule has 1 aromatic heterocycles. The third-order valence-electron chi connectivity index (χ3n) is 2.01. The smallest absolute Gasteiger partial charge is 0.0687 e. The van der Waals surface area contributed by atoms with E-state index >= 15 is 0 Å². The average molecular weight is 228 g/mol. The summed E-state index contributed by atoms with van der Waals surface area (Å²) in [5, 5.41) is 0. The summed E-state index contributed by atoms with van der Waals surface area (Å²) in [6, 6.07) is 3.73. The fraction of sp³-hybridized carbons (Fsp3) is 0.0769. The number of aromatic nitrogens is 1. The second-order valence-corrected chi connectivity index (χ2v) is 3.38. The minimum atomic E-state index is 0.320. The zero-order chi connectivity index (χ0) is 12.7. The number of allylic oxidation sites excluding steroid dienone is 1. The van der Waals surface area contributed by atoms with Gasteiger partial charge in [0.15, 0.2) is 0 Å². The molecular formula is C13H16N4. The Kier molecular flexibility index (Phi) is 4.69. The minimum absolute atomic E-state index is 0.320. The van der Waals surface area contributed by atoms with Crippen LogP contribution in [0, 0.1) is 0 Å². The lowest BCUT2D eigenvalue weighted by atomic mass is 10.1. The van der Waals surface area contributed by atoms with Crippen molar-refractivity contribution in [2.24, 2.45) is 16.5 Å². The standard InChI is InChI=1S/C13H16N4/c1-3-6-17-13(8-12(15)10(2)14)11-5-4-7-16-9-11/h3-5,7-9H,1-2,6,14-15H2. The van der Waals surface area contributed by atoms with Crippen molar-refractivity contribution in [1.82, 2.24) is 4.98 Å². The molecule has 4 nitrogen and oxygen atoms in total. The fourth-order valence-electron chi connectivity index (χ4n) is 1.14. The van der Waals surface area contributed by atoms with E-state index in [9.17, 15) is 0 Å². The van der Waals surface area contributed by atoms with Gasteiger partial charge < -0.3 is 11.5 Å². The molecule has 0 aliphatic carbocycles. The van der Waals surface area contributed by atoms with Crippen molar-refractivity contribution < 1.29 is 0 Å². The van der Waals surface area contributed by atoms with Crippen molar-refractivity contribution in [2.45, 2.75) is 0 Å². The van der Waals surface area contributed by atoms with Crippen LogP contribution in [0.5, 0.6) is 0 Å². The summed E-state index contributed by atoms with van der Waals surface area (Å²) in [5.41, 5.74) is 13.6. The first kappa shape index (κ1) is 12.7. The third kappa shape index (κ3) is 3.95. The number of hydrogen-bond donors (Lipinski definition) is 2. The van der Waals surface area contributed by atoms with Crippen LogP contribution in [0.25, 0.3) is 0 Å². The van der Waals surface area contributed by atoms with Gasteiger partial charge in [0.25, 0.3) is 0 Å². The Morgan fingerprint density at radius 1 is 1.47 bits per heavy atom. The number of rotatable bonds is 5. The normalized spacial score (nSPS) is 12.2. The molecule has 0 atom stereocenters. The van der Waals surface area contributed by atoms with Crippen molar-refractivity contribution in [3.05, 3.63) is 66.8 Å². The Bertz CT molecular complexity index is 458. The molecule has 1 heterocycles. The van der Waals surface area contributed by atoms with Crippen molar-refractivity contribution in [2.75, 3.05) is 6.54 Å². The molecule has 0 bridgehead atoms. The highest BCUT2D eigenvalue weighted by Crippen LogP contribution is 2.04. The van der Waals surface area contributed by atoms with E-state index in [4.69, 9.17) is 11.5 Å². The summed E-state index contributed by atoms with van der Waals surface area (Å²) in [7, 11) is 0. The molecule has 0 radical (unpaired) electrons. The van der Waals surface area contributed by atoms with E-state index in [0.29, 0.717) is 23.7 Å². The molecule has 0 aliphatic heterocycles. The molecule has 0 amide bonds. The van der Waals surface area contributed by atoms with E-state index < -0.39 is 0 Å². The molecule has 1 aromatic rings. The summed E-state index contributed by atoms with van der Waals surface area (Å²) < 4.78 is 0. The van der Waals surface area contributed by atoms with Crippen molar-refractivity contribution >= 4 is 5.71 Å². The molecule has 0 saturated heterocycles. The number of nitrogens with two attached hydrogens (primary N) is 2. The maximum atomic E-state index is 5.74. The molecule has 0 fully saturated rings. The SMILES string of the molecule is C=CCN=C(C=C(N)C(=C)N)c1cccnc1. The topological polar surface area (TPSA) is 77.3 Å². The number of hydrogen-bond acceptors (Lipinski definition) is 4. The lowest BCUT2D eigenvalue weighted by Gasteiger charge is -2.04. The second-order valence-electron chi connectivity index (χ2n) is 3.38. The number of aliphatic imine (C=N–C) groups is 1. The van der Waals surface area contributed by atoms with Crippen molar-refractivity contribution in [3.63, 3.8) is 0 Å². The van der Waals surface area contributed by atoms with Crippen molar-refractivity contribution in [3.8, 4) is 0 Å². The first-order chi connectivity index (χ1) is 8.15. The van der Waals surface area contributed by atoms with E-state index in [1.54, 1.807) is 24.5 Å². The molecule has 1 rings (SSSR count). The molecule has 0 aliphatic rings. The second kappa shape index (κ2) is 6.27. The molecule has 0 saturated carbocycles. The van der Waals surface area contributed by atoms with E-state index in [2.05, 4.69) is 23.1 Å². The highest BCUT2D eigenvalue weighted by atomic mass is 14.7. The van der Waals surface area contributed by atoms with Gasteiger partial charge in [-0.25, -0.2) is 0 Å². The Labute approximate surface area is 101 Å². The van der Waals surface area contributed by atoms with E-state index in [1.165, 1.54) is 0 Å². The zero-order valence-corrected chi connectivity index (χ0v) is 9.63. The molecule has 4 N–H and O–H groups in total. The van der Waals surface area contributed by atoms with Crippen LogP contribution in [-0.4, -0.2) is 17.2 Å². The van der Waals surface area contributed by atoms with Gasteiger partial charge in [0.2, 0.25) is 0 Å². The number of pyridine rings is 1. The van der Waals surface area contributed by atoms with Gasteiger partial charge in [-0.1, -0.05) is 12.7 Å².